The quantitative estimate of drug-likeness (QED) is 0.817. The molecule has 2 rings (SSSR count). The van der Waals surface area contributed by atoms with E-state index in [9.17, 15) is 26.7 Å². The summed E-state index contributed by atoms with van der Waals surface area (Å²) in [5.41, 5.74) is -0.858. The molecule has 0 fully saturated rings. The highest BCUT2D eigenvalue weighted by Gasteiger charge is 2.34. The van der Waals surface area contributed by atoms with Crippen molar-refractivity contribution in [2.75, 3.05) is 0 Å². The smallest absolute Gasteiger partial charge is 0.477 e. The summed E-state index contributed by atoms with van der Waals surface area (Å²) in [4.78, 5) is 11.2. The summed E-state index contributed by atoms with van der Waals surface area (Å²) < 4.78 is 72.3. The third kappa shape index (κ3) is 3.92. The fraction of sp³-hybridized carbons (Fsp3) is 0.133. The summed E-state index contributed by atoms with van der Waals surface area (Å²) in [6.07, 6.45) is -5.19. The van der Waals surface area contributed by atoms with Crippen molar-refractivity contribution in [2.24, 2.45) is 0 Å². The SMILES string of the molecule is Cc1cc(F)ccc1Oc1ccc(OC(F)(F)F)c(F)c1C(=O)O. The van der Waals surface area contributed by atoms with Crippen LogP contribution in [-0.2, 0) is 0 Å². The molecule has 0 radical (unpaired) electrons. The van der Waals surface area contributed by atoms with Crippen LogP contribution in [0.4, 0.5) is 22.0 Å². The maximum absolute atomic E-state index is 14.0. The molecule has 0 amide bonds. The monoisotopic (exact) mass is 348 g/mol. The summed E-state index contributed by atoms with van der Waals surface area (Å²) in [5, 5.41) is 9.04. The number of aryl methyl sites for hydroxylation is 1. The zero-order valence-corrected chi connectivity index (χ0v) is 11.9. The van der Waals surface area contributed by atoms with Crippen LogP contribution in [-0.4, -0.2) is 17.4 Å². The van der Waals surface area contributed by atoms with Gasteiger partial charge in [-0.25, -0.2) is 13.6 Å². The number of halogens is 5. The van der Waals surface area contributed by atoms with Gasteiger partial charge in [-0.15, -0.1) is 13.2 Å². The lowest BCUT2D eigenvalue weighted by Crippen LogP contribution is -2.19. The first kappa shape index (κ1) is 17.5. The Kier molecular flexibility index (Phi) is 4.63. The molecule has 0 saturated carbocycles. The Morgan fingerprint density at radius 1 is 1.04 bits per heavy atom. The molecule has 4 nitrogen and oxygen atoms in total. The Morgan fingerprint density at radius 2 is 1.62 bits per heavy atom. The fourth-order valence-corrected chi connectivity index (χ4v) is 1.87. The van der Waals surface area contributed by atoms with Crippen molar-refractivity contribution in [3.8, 4) is 17.2 Å². The summed E-state index contributed by atoms with van der Waals surface area (Å²) in [7, 11) is 0. The molecule has 0 aliphatic rings. The molecule has 0 aromatic heterocycles. The van der Waals surface area contributed by atoms with E-state index in [4.69, 9.17) is 9.84 Å². The number of hydrogen-bond donors (Lipinski definition) is 1. The first-order valence-corrected chi connectivity index (χ1v) is 6.34. The molecule has 0 bridgehead atoms. The number of hydrogen-bond acceptors (Lipinski definition) is 3. The van der Waals surface area contributed by atoms with Crippen LogP contribution in [0.25, 0.3) is 0 Å². The molecule has 1 N–H and O–H groups in total. The van der Waals surface area contributed by atoms with Crippen molar-refractivity contribution in [1.29, 1.82) is 0 Å². The van der Waals surface area contributed by atoms with Crippen molar-refractivity contribution >= 4 is 5.97 Å². The average molecular weight is 348 g/mol. The molecule has 2 aromatic rings. The predicted octanol–water partition coefficient (Wildman–Crippen LogP) is 4.66. The molecule has 0 unspecified atom stereocenters. The van der Waals surface area contributed by atoms with Crippen LogP contribution in [0.2, 0.25) is 0 Å². The molecular formula is C15H9F5O4. The highest BCUT2D eigenvalue weighted by atomic mass is 19.4. The van der Waals surface area contributed by atoms with Crippen LogP contribution in [0.15, 0.2) is 30.3 Å². The Bertz CT molecular complexity index is 786. The fourth-order valence-electron chi connectivity index (χ4n) is 1.87. The third-order valence-corrected chi connectivity index (χ3v) is 2.86. The van der Waals surface area contributed by atoms with E-state index in [0.717, 1.165) is 18.2 Å². The first-order valence-electron chi connectivity index (χ1n) is 6.34. The van der Waals surface area contributed by atoms with E-state index in [1.807, 2.05) is 0 Å². The van der Waals surface area contributed by atoms with E-state index in [1.54, 1.807) is 0 Å². The van der Waals surface area contributed by atoms with E-state index in [0.29, 0.717) is 6.07 Å². The Hall–Kier alpha value is -2.84. The van der Waals surface area contributed by atoms with Crippen LogP contribution in [0.3, 0.4) is 0 Å². The summed E-state index contributed by atoms with van der Waals surface area (Å²) in [6, 6.07) is 4.70. The molecular weight excluding hydrogens is 339 g/mol. The zero-order valence-electron chi connectivity index (χ0n) is 11.9. The maximum Gasteiger partial charge on any atom is 0.573 e. The Morgan fingerprint density at radius 3 is 2.17 bits per heavy atom. The number of ether oxygens (including phenoxy) is 2. The lowest BCUT2D eigenvalue weighted by atomic mass is 10.1. The van der Waals surface area contributed by atoms with Gasteiger partial charge in [0.1, 0.15) is 22.9 Å². The van der Waals surface area contributed by atoms with Gasteiger partial charge in [0, 0.05) is 0 Å². The van der Waals surface area contributed by atoms with Gasteiger partial charge in [-0.1, -0.05) is 0 Å². The maximum atomic E-state index is 14.0. The third-order valence-electron chi connectivity index (χ3n) is 2.86. The van der Waals surface area contributed by atoms with Gasteiger partial charge in [0.05, 0.1) is 0 Å². The van der Waals surface area contributed by atoms with Crippen LogP contribution in [0, 0.1) is 18.6 Å². The van der Waals surface area contributed by atoms with E-state index in [-0.39, 0.29) is 11.3 Å². The topological polar surface area (TPSA) is 55.8 Å². The average Bonchev–Trinajstić information content (AvgIpc) is 2.43. The number of carboxylic acids is 1. The largest absolute Gasteiger partial charge is 0.573 e. The standard InChI is InChI=1S/C15H9F5O4/c1-7-6-8(16)2-3-9(7)23-10-4-5-11(24-15(18,19)20)13(17)12(10)14(21)22/h2-6H,1H3,(H,21,22). The van der Waals surface area contributed by atoms with Gasteiger partial charge in [-0.2, -0.15) is 0 Å². The van der Waals surface area contributed by atoms with Gasteiger partial charge in [-0.3, -0.25) is 0 Å². The highest BCUT2D eigenvalue weighted by molar-refractivity contribution is 5.92. The molecule has 2 aromatic carbocycles. The minimum absolute atomic E-state index is 0.0165. The minimum Gasteiger partial charge on any atom is -0.477 e. The molecule has 0 spiro atoms. The summed E-state index contributed by atoms with van der Waals surface area (Å²) >= 11 is 0. The Balaban J connectivity index is 2.47. The van der Waals surface area contributed by atoms with E-state index >= 15 is 0 Å². The molecule has 128 valence electrons. The van der Waals surface area contributed by atoms with E-state index in [2.05, 4.69) is 4.74 Å². The lowest BCUT2D eigenvalue weighted by molar-refractivity contribution is -0.275. The molecule has 9 heteroatoms. The van der Waals surface area contributed by atoms with Crippen molar-refractivity contribution in [3.05, 3.63) is 53.1 Å². The van der Waals surface area contributed by atoms with Gasteiger partial charge < -0.3 is 14.6 Å². The Labute approximate surface area is 132 Å². The second kappa shape index (κ2) is 6.34. The molecule has 0 aliphatic heterocycles. The van der Waals surface area contributed by atoms with Crippen LogP contribution in [0.1, 0.15) is 15.9 Å². The lowest BCUT2D eigenvalue weighted by Gasteiger charge is -2.15. The highest BCUT2D eigenvalue weighted by Crippen LogP contribution is 2.35. The number of benzene rings is 2. The zero-order chi connectivity index (χ0) is 18.1. The number of carboxylic acid groups (broad SMARTS) is 1. The summed E-state index contributed by atoms with van der Waals surface area (Å²) in [6.45, 7) is 1.45. The van der Waals surface area contributed by atoms with Gasteiger partial charge in [0.25, 0.3) is 0 Å². The molecule has 0 atom stereocenters. The first-order chi connectivity index (χ1) is 11.1. The second-order valence-electron chi connectivity index (χ2n) is 4.62. The van der Waals surface area contributed by atoms with Crippen molar-refractivity contribution in [1.82, 2.24) is 0 Å². The number of alkyl halides is 3. The van der Waals surface area contributed by atoms with Crippen LogP contribution < -0.4 is 9.47 Å². The molecule has 24 heavy (non-hydrogen) atoms. The van der Waals surface area contributed by atoms with E-state index < -0.39 is 41.0 Å². The predicted molar refractivity (Wildman–Crippen MR) is 71.3 cm³/mol. The normalized spacial score (nSPS) is 11.2. The van der Waals surface area contributed by atoms with Crippen molar-refractivity contribution < 1.29 is 41.3 Å². The van der Waals surface area contributed by atoms with Gasteiger partial charge >= 0.3 is 12.3 Å². The number of carbonyl (C=O) groups is 1. The second-order valence-corrected chi connectivity index (χ2v) is 4.62. The van der Waals surface area contributed by atoms with Crippen molar-refractivity contribution in [2.45, 2.75) is 13.3 Å². The number of aromatic carboxylic acids is 1. The van der Waals surface area contributed by atoms with Crippen LogP contribution in [0.5, 0.6) is 17.2 Å². The van der Waals surface area contributed by atoms with Gasteiger partial charge in [0.2, 0.25) is 0 Å². The minimum atomic E-state index is -5.19. The van der Waals surface area contributed by atoms with E-state index in [1.165, 1.54) is 13.0 Å². The van der Waals surface area contributed by atoms with Crippen LogP contribution >= 0.6 is 0 Å². The molecule has 0 heterocycles. The summed E-state index contributed by atoms with van der Waals surface area (Å²) in [5.74, 6) is -6.00. The number of rotatable bonds is 4. The molecule has 0 aliphatic carbocycles. The van der Waals surface area contributed by atoms with Gasteiger partial charge in [-0.05, 0) is 42.8 Å². The van der Waals surface area contributed by atoms with Gasteiger partial charge in [0.15, 0.2) is 11.6 Å². The van der Waals surface area contributed by atoms with Crippen molar-refractivity contribution in [3.63, 3.8) is 0 Å². The molecule has 0 saturated heterocycles.